The molecule has 4 aromatic rings. The Kier molecular flexibility index (Phi) is 12.3. The number of nitrogens with zero attached hydrogens (tertiary/aromatic N) is 2. The van der Waals surface area contributed by atoms with E-state index in [4.69, 9.17) is 36.8 Å². The van der Waals surface area contributed by atoms with Crippen LogP contribution in [-0.2, 0) is 22.5 Å². The molecule has 0 saturated carbocycles. The number of aliphatic hydroxyl groups is 1. The number of carbonyl (C=O) groups excluding carboxylic acids is 2. The highest BCUT2D eigenvalue weighted by Gasteiger charge is 2.56. The number of amidine groups is 1. The predicted molar refractivity (Wildman–Crippen MR) is 183 cm³/mol. The summed E-state index contributed by atoms with van der Waals surface area (Å²) in [6, 6.07) is 18.4. The second kappa shape index (κ2) is 16.3. The first-order valence-corrected chi connectivity index (χ1v) is 15.9. The van der Waals surface area contributed by atoms with Crippen LogP contribution in [0.2, 0.25) is 5.02 Å². The van der Waals surface area contributed by atoms with Gasteiger partial charge in [0.25, 0.3) is 0 Å². The fourth-order valence-electron chi connectivity index (χ4n) is 4.99. The maximum absolute atomic E-state index is 14.9. The summed E-state index contributed by atoms with van der Waals surface area (Å²) in [5, 5.41) is 25.2. The van der Waals surface area contributed by atoms with Crippen LogP contribution in [0.5, 0.6) is 11.5 Å². The van der Waals surface area contributed by atoms with Gasteiger partial charge in [0, 0.05) is 17.5 Å². The summed E-state index contributed by atoms with van der Waals surface area (Å²) in [7, 11) is 1.27. The minimum atomic E-state index is -5.35. The van der Waals surface area contributed by atoms with Gasteiger partial charge in [-0.05, 0) is 79.9 Å². The molecule has 1 unspecified atom stereocenters. The number of alkyl halides is 3. The monoisotopic (exact) mass is 746 g/mol. The third-order valence-corrected chi connectivity index (χ3v) is 8.28. The number of methoxy groups -OCH3 is 1. The number of ether oxygens (including phenoxy) is 3. The second-order valence-corrected chi connectivity index (χ2v) is 12.5. The number of ketones is 1. The fourth-order valence-corrected chi connectivity index (χ4v) is 5.17. The molecule has 16 heteroatoms. The van der Waals surface area contributed by atoms with E-state index in [2.05, 4.69) is 15.5 Å². The Hall–Kier alpha value is -5.41. The number of amides is 1. The van der Waals surface area contributed by atoms with Crippen molar-refractivity contribution in [1.29, 1.82) is 0 Å². The largest absolute Gasteiger partial charge is 0.493 e. The van der Waals surface area contributed by atoms with Crippen LogP contribution in [0.4, 0.5) is 22.4 Å². The molecular weight excluding hydrogens is 712 g/mol. The van der Waals surface area contributed by atoms with Crippen LogP contribution in [0.1, 0.15) is 53.9 Å². The lowest BCUT2D eigenvalue weighted by Gasteiger charge is -2.33. The Balaban J connectivity index is 1.69. The number of alkyl carbamates (subject to hydrolysis) is 1. The summed E-state index contributed by atoms with van der Waals surface area (Å²) in [5.41, 5.74) is 0.0941. The SMILES string of the molecule is COc1cc(C(=O)CCC(O)(c2cc(C(C)(C)NC(=O)OCc3ccccc3)cc(-c3ccc(F)c(Cl)c3)n2)C(F)(F)F)ccc1OC/C(N)=N/O. The van der Waals surface area contributed by atoms with Gasteiger partial charge in [-0.25, -0.2) is 14.2 Å². The van der Waals surface area contributed by atoms with Crippen LogP contribution in [-0.4, -0.2) is 52.9 Å². The van der Waals surface area contributed by atoms with Gasteiger partial charge in [-0.2, -0.15) is 13.2 Å². The van der Waals surface area contributed by atoms with Crippen molar-refractivity contribution in [3.8, 4) is 22.8 Å². The van der Waals surface area contributed by atoms with Gasteiger partial charge in [-0.3, -0.25) is 4.79 Å². The first-order chi connectivity index (χ1) is 24.5. The number of benzene rings is 3. The Bertz CT molecular complexity index is 1940. The normalized spacial score (nSPS) is 13.2. The molecule has 5 N–H and O–H groups in total. The number of aromatic nitrogens is 1. The second-order valence-electron chi connectivity index (χ2n) is 12.1. The van der Waals surface area contributed by atoms with Gasteiger partial charge in [0.2, 0.25) is 5.60 Å². The molecule has 0 aliphatic heterocycles. The predicted octanol–water partition coefficient (Wildman–Crippen LogP) is 7.25. The molecule has 1 amide bonds. The minimum absolute atomic E-state index is 0.0386. The zero-order chi connectivity index (χ0) is 38.3. The van der Waals surface area contributed by atoms with Crippen molar-refractivity contribution >= 4 is 29.3 Å². The standard InChI is InChI=1S/C36H35ClF4N4O7/c1-34(2,44-33(47)52-19-21-7-5-4-6-8-21)24-17-27(22-9-11-26(38)25(37)15-22)43-31(18-24)35(48,36(39,40)41)14-13-28(46)23-10-12-29(30(16-23)50-3)51-20-32(42)45-49/h4-12,15-18,48-49H,13-14,19-20H2,1-3H3,(H2,42,45)(H,44,47). The van der Waals surface area contributed by atoms with Gasteiger partial charge >= 0.3 is 12.3 Å². The average molecular weight is 747 g/mol. The van der Waals surface area contributed by atoms with Gasteiger partial charge in [0.1, 0.15) is 19.0 Å². The molecule has 276 valence electrons. The Labute approximate surface area is 301 Å². The number of halogens is 5. The van der Waals surface area contributed by atoms with Crippen LogP contribution in [0.3, 0.4) is 0 Å². The van der Waals surface area contributed by atoms with E-state index in [-0.39, 0.29) is 58.0 Å². The van der Waals surface area contributed by atoms with E-state index in [1.54, 1.807) is 30.3 Å². The van der Waals surface area contributed by atoms with Crippen LogP contribution >= 0.6 is 11.6 Å². The van der Waals surface area contributed by atoms with Gasteiger partial charge in [0.05, 0.1) is 29.1 Å². The molecule has 0 aliphatic rings. The van der Waals surface area contributed by atoms with Crippen molar-refractivity contribution in [2.24, 2.45) is 10.9 Å². The highest BCUT2D eigenvalue weighted by Crippen LogP contribution is 2.44. The van der Waals surface area contributed by atoms with Crippen molar-refractivity contribution < 1.29 is 51.7 Å². The van der Waals surface area contributed by atoms with E-state index in [0.717, 1.165) is 18.2 Å². The van der Waals surface area contributed by atoms with Crippen LogP contribution in [0.25, 0.3) is 11.3 Å². The smallest absolute Gasteiger partial charge is 0.422 e. The van der Waals surface area contributed by atoms with Crippen molar-refractivity contribution in [3.05, 3.63) is 112 Å². The number of carbonyl (C=O) groups is 2. The highest BCUT2D eigenvalue weighted by atomic mass is 35.5. The van der Waals surface area contributed by atoms with Crippen molar-refractivity contribution in [2.45, 2.75) is 50.6 Å². The minimum Gasteiger partial charge on any atom is -0.493 e. The van der Waals surface area contributed by atoms with E-state index in [1.165, 1.54) is 51.3 Å². The fraction of sp³-hybridized carbons (Fsp3) is 0.278. The first kappa shape index (κ1) is 39.4. The number of rotatable bonds is 14. The summed E-state index contributed by atoms with van der Waals surface area (Å²) in [4.78, 5) is 30.2. The molecule has 1 heterocycles. The van der Waals surface area contributed by atoms with Crippen molar-refractivity contribution in [3.63, 3.8) is 0 Å². The quantitative estimate of drug-likeness (QED) is 0.0260. The van der Waals surface area contributed by atoms with E-state index in [0.29, 0.717) is 5.56 Å². The molecule has 3 aromatic carbocycles. The summed E-state index contributed by atoms with van der Waals surface area (Å²) in [5.74, 6) is -1.67. The third kappa shape index (κ3) is 9.47. The van der Waals surface area contributed by atoms with Crippen LogP contribution < -0.4 is 20.5 Å². The molecule has 1 atom stereocenters. The van der Waals surface area contributed by atoms with Gasteiger partial charge in [0.15, 0.2) is 23.1 Å². The topological polar surface area (TPSA) is 166 Å². The van der Waals surface area contributed by atoms with Crippen LogP contribution in [0, 0.1) is 5.82 Å². The third-order valence-electron chi connectivity index (χ3n) is 7.99. The molecule has 0 saturated heterocycles. The molecule has 0 spiro atoms. The summed E-state index contributed by atoms with van der Waals surface area (Å²) >= 11 is 5.98. The Morgan fingerprint density at radius 2 is 1.71 bits per heavy atom. The lowest BCUT2D eigenvalue weighted by molar-refractivity contribution is -0.270. The number of nitrogens with one attached hydrogen (secondary N) is 1. The van der Waals surface area contributed by atoms with Gasteiger partial charge in [-0.1, -0.05) is 47.1 Å². The Morgan fingerprint density at radius 1 is 1.00 bits per heavy atom. The van der Waals surface area contributed by atoms with Gasteiger partial charge in [-0.15, -0.1) is 0 Å². The van der Waals surface area contributed by atoms with E-state index in [9.17, 15) is 32.3 Å². The highest BCUT2D eigenvalue weighted by molar-refractivity contribution is 6.31. The van der Waals surface area contributed by atoms with Crippen LogP contribution in [0.15, 0.2) is 84.0 Å². The average Bonchev–Trinajstić information content (AvgIpc) is 3.12. The molecule has 0 bridgehead atoms. The zero-order valence-corrected chi connectivity index (χ0v) is 28.9. The maximum atomic E-state index is 14.9. The molecule has 0 fully saturated rings. The van der Waals surface area contributed by atoms with Crippen molar-refractivity contribution in [1.82, 2.24) is 10.3 Å². The van der Waals surface area contributed by atoms with E-state index < -0.39 is 53.5 Å². The summed E-state index contributed by atoms with van der Waals surface area (Å²) in [6.45, 7) is 2.59. The Morgan fingerprint density at radius 3 is 2.35 bits per heavy atom. The molecule has 4 rings (SSSR count). The summed E-state index contributed by atoms with van der Waals surface area (Å²) in [6.07, 6.45) is -8.20. The zero-order valence-electron chi connectivity index (χ0n) is 28.1. The molecule has 1 aromatic heterocycles. The molecular formula is C36H35ClF4N4O7. The number of pyridine rings is 1. The summed E-state index contributed by atoms with van der Waals surface area (Å²) < 4.78 is 74.7. The number of hydrogen-bond donors (Lipinski definition) is 4. The van der Waals surface area contributed by atoms with E-state index in [1.807, 2.05) is 0 Å². The molecule has 52 heavy (non-hydrogen) atoms. The molecule has 11 nitrogen and oxygen atoms in total. The molecule has 0 aliphatic carbocycles. The number of Topliss-reactive ketones (excluding diaryl/α,β-unsaturated/α-hetero) is 1. The lowest BCUT2D eigenvalue weighted by atomic mass is 9.86. The lowest BCUT2D eigenvalue weighted by Crippen LogP contribution is -2.45. The first-order valence-electron chi connectivity index (χ1n) is 15.5. The number of oxime groups is 1. The number of hydrogen-bond acceptors (Lipinski definition) is 9. The van der Waals surface area contributed by atoms with Gasteiger partial charge < -0.3 is 35.6 Å². The van der Waals surface area contributed by atoms with Crippen molar-refractivity contribution in [2.75, 3.05) is 13.7 Å². The molecule has 0 radical (unpaired) electrons. The number of nitrogens with two attached hydrogens (primary N) is 1. The van der Waals surface area contributed by atoms with E-state index >= 15 is 0 Å². The maximum Gasteiger partial charge on any atom is 0.422 e.